The van der Waals surface area contributed by atoms with Crippen LogP contribution in [-0.2, 0) is 4.74 Å². The van der Waals surface area contributed by atoms with E-state index < -0.39 is 24.3 Å². The van der Waals surface area contributed by atoms with Crippen molar-refractivity contribution in [2.24, 2.45) is 4.99 Å². The quantitative estimate of drug-likeness (QED) is 0.834. The number of fused-ring (bicyclic) bond motifs is 1. The first kappa shape index (κ1) is 14.4. The fraction of sp³-hybridized carbons (Fsp3) is 0.385. The van der Waals surface area contributed by atoms with Crippen LogP contribution in [0.15, 0.2) is 29.2 Å². The number of imidazole rings is 1. The van der Waals surface area contributed by atoms with Gasteiger partial charge in [0.15, 0.2) is 28.5 Å². The number of hydrogen-bond acceptors (Lipinski definition) is 7. The summed E-state index contributed by atoms with van der Waals surface area (Å²) in [7, 11) is 0. The highest BCUT2D eigenvalue weighted by Crippen LogP contribution is 2.43. The number of rotatable bonds is 3. The number of aliphatic imine (C=N–C) groups is 1. The molecule has 0 spiro atoms. The number of aliphatic hydroxyl groups excluding tert-OH is 2. The third-order valence-electron chi connectivity index (χ3n) is 3.43. The van der Waals surface area contributed by atoms with Crippen molar-refractivity contribution in [1.29, 1.82) is 0 Å². The number of ether oxygens (including phenoxy) is 1. The molecule has 0 aliphatic carbocycles. The molecule has 2 aromatic rings. The Morgan fingerprint density at radius 2 is 2.27 bits per heavy atom. The number of aliphatic hydroxyl groups is 2. The van der Waals surface area contributed by atoms with E-state index >= 15 is 0 Å². The summed E-state index contributed by atoms with van der Waals surface area (Å²) in [6.45, 7) is 2.29. The van der Waals surface area contributed by atoms with Gasteiger partial charge in [-0.2, -0.15) is 0 Å². The van der Waals surface area contributed by atoms with Crippen LogP contribution in [0, 0.1) is 0 Å². The maximum absolute atomic E-state index is 14.8. The zero-order chi connectivity index (χ0) is 15.9. The first-order chi connectivity index (χ1) is 10.5. The highest BCUT2D eigenvalue weighted by atomic mass is 19.1. The molecule has 0 saturated heterocycles. The van der Waals surface area contributed by atoms with Crippen LogP contribution in [0.5, 0.6) is 0 Å². The van der Waals surface area contributed by atoms with E-state index in [1.807, 2.05) is 0 Å². The summed E-state index contributed by atoms with van der Waals surface area (Å²) >= 11 is 0. The summed E-state index contributed by atoms with van der Waals surface area (Å²) in [4.78, 5) is 16.3. The third kappa shape index (κ3) is 1.93. The molecule has 2 N–H and O–H groups in total. The van der Waals surface area contributed by atoms with Crippen LogP contribution >= 0.6 is 0 Å². The Kier molecular flexibility index (Phi) is 3.28. The molecule has 0 radical (unpaired) electrons. The second kappa shape index (κ2) is 5.02. The molecular formula is C13H14FN5O3. The van der Waals surface area contributed by atoms with E-state index in [0.717, 1.165) is 6.92 Å². The Bertz CT molecular complexity index is 783. The SMILES string of the molecule is CC=Nc1ncnc2c1ncn2[C@@H]1OC(CO)=C(O)C1(C)F. The van der Waals surface area contributed by atoms with Crippen LogP contribution in [0.25, 0.3) is 11.2 Å². The van der Waals surface area contributed by atoms with Crippen molar-refractivity contribution in [1.82, 2.24) is 19.5 Å². The van der Waals surface area contributed by atoms with E-state index in [0.29, 0.717) is 17.0 Å². The van der Waals surface area contributed by atoms with Crippen molar-refractivity contribution >= 4 is 23.2 Å². The fourth-order valence-corrected chi connectivity index (χ4v) is 2.35. The smallest absolute Gasteiger partial charge is 0.223 e. The zero-order valence-electron chi connectivity index (χ0n) is 11.9. The fourth-order valence-electron chi connectivity index (χ4n) is 2.35. The van der Waals surface area contributed by atoms with Gasteiger partial charge in [0.2, 0.25) is 11.9 Å². The van der Waals surface area contributed by atoms with Crippen molar-refractivity contribution in [2.75, 3.05) is 6.61 Å². The minimum Gasteiger partial charge on any atom is -0.506 e. The topological polar surface area (TPSA) is 106 Å². The maximum Gasteiger partial charge on any atom is 0.223 e. The van der Waals surface area contributed by atoms with Crippen molar-refractivity contribution < 1.29 is 19.3 Å². The highest BCUT2D eigenvalue weighted by Gasteiger charge is 2.50. The summed E-state index contributed by atoms with van der Waals surface area (Å²) in [6.07, 6.45) is 2.95. The van der Waals surface area contributed by atoms with E-state index in [4.69, 9.17) is 9.84 Å². The molecule has 0 saturated carbocycles. The van der Waals surface area contributed by atoms with Gasteiger partial charge in [0.25, 0.3) is 0 Å². The highest BCUT2D eigenvalue weighted by molar-refractivity contribution is 5.82. The minimum atomic E-state index is -2.22. The average Bonchev–Trinajstić information content (AvgIpc) is 3.01. The molecule has 2 atom stereocenters. The largest absolute Gasteiger partial charge is 0.506 e. The van der Waals surface area contributed by atoms with Crippen molar-refractivity contribution in [2.45, 2.75) is 25.7 Å². The molecule has 1 aliphatic heterocycles. The standard InChI is InChI=1S/C13H14FN5O3/c1-3-15-10-8-11(17-5-16-10)19(6-18-8)12-13(2,14)9(21)7(4-20)22-12/h3,5-6,12,20-21H,4H2,1-2H3/t12-,13?/m1/s1. The molecule has 0 aromatic carbocycles. The van der Waals surface area contributed by atoms with Gasteiger partial charge in [-0.1, -0.05) is 0 Å². The molecule has 116 valence electrons. The van der Waals surface area contributed by atoms with Gasteiger partial charge in [0.1, 0.15) is 19.3 Å². The lowest BCUT2D eigenvalue weighted by Crippen LogP contribution is -2.30. The minimum absolute atomic E-state index is 0.210. The lowest BCUT2D eigenvalue weighted by atomic mass is 10.1. The van der Waals surface area contributed by atoms with Gasteiger partial charge in [0.05, 0.1) is 0 Å². The number of nitrogens with zero attached hydrogens (tertiary/aromatic N) is 5. The molecule has 0 fully saturated rings. The molecule has 1 unspecified atom stereocenters. The lowest BCUT2D eigenvalue weighted by molar-refractivity contribution is -0.0256. The molecule has 2 aromatic heterocycles. The second-order valence-electron chi connectivity index (χ2n) is 4.88. The summed E-state index contributed by atoms with van der Waals surface area (Å²) in [6, 6.07) is 0. The van der Waals surface area contributed by atoms with Gasteiger partial charge in [0, 0.05) is 6.21 Å². The molecule has 9 heteroatoms. The Labute approximate surface area is 124 Å². The maximum atomic E-state index is 14.8. The van der Waals surface area contributed by atoms with Crippen LogP contribution in [0.2, 0.25) is 0 Å². The number of halogens is 1. The Morgan fingerprint density at radius 1 is 1.50 bits per heavy atom. The molecule has 8 nitrogen and oxygen atoms in total. The first-order valence-corrected chi connectivity index (χ1v) is 6.56. The first-order valence-electron chi connectivity index (χ1n) is 6.56. The van der Waals surface area contributed by atoms with E-state index in [1.165, 1.54) is 17.2 Å². The van der Waals surface area contributed by atoms with E-state index in [9.17, 15) is 9.50 Å². The second-order valence-corrected chi connectivity index (χ2v) is 4.88. The molecule has 22 heavy (non-hydrogen) atoms. The Hall–Kier alpha value is -2.55. The molecule has 0 bridgehead atoms. The van der Waals surface area contributed by atoms with Gasteiger partial charge in [-0.3, -0.25) is 4.57 Å². The van der Waals surface area contributed by atoms with Gasteiger partial charge < -0.3 is 14.9 Å². The molecule has 1 aliphatic rings. The third-order valence-corrected chi connectivity index (χ3v) is 3.43. The normalized spacial score (nSPS) is 25.4. The van der Waals surface area contributed by atoms with Crippen LogP contribution in [-0.4, -0.2) is 48.2 Å². The van der Waals surface area contributed by atoms with Crippen molar-refractivity contribution in [3.8, 4) is 0 Å². The predicted octanol–water partition coefficient (Wildman–Crippen LogP) is 1.57. The molecule has 3 rings (SSSR count). The summed E-state index contributed by atoms with van der Waals surface area (Å²) in [5, 5.41) is 19.0. The number of hydrogen-bond donors (Lipinski definition) is 2. The monoisotopic (exact) mass is 307 g/mol. The van der Waals surface area contributed by atoms with Crippen LogP contribution in [0.3, 0.4) is 0 Å². The summed E-state index contributed by atoms with van der Waals surface area (Å²) in [5.74, 6) is -0.496. The van der Waals surface area contributed by atoms with E-state index in [-0.39, 0.29) is 5.76 Å². The van der Waals surface area contributed by atoms with Crippen molar-refractivity contribution in [3.05, 3.63) is 24.2 Å². The van der Waals surface area contributed by atoms with Gasteiger partial charge in [-0.25, -0.2) is 24.3 Å². The van der Waals surface area contributed by atoms with Crippen LogP contribution < -0.4 is 0 Å². The Morgan fingerprint density at radius 3 is 2.91 bits per heavy atom. The zero-order valence-corrected chi connectivity index (χ0v) is 11.9. The van der Waals surface area contributed by atoms with Crippen LogP contribution in [0.1, 0.15) is 20.1 Å². The van der Waals surface area contributed by atoms with Crippen LogP contribution in [0.4, 0.5) is 10.2 Å². The number of aromatic nitrogens is 4. The molecule has 0 amide bonds. The molecular weight excluding hydrogens is 293 g/mol. The van der Waals surface area contributed by atoms with E-state index in [2.05, 4.69) is 19.9 Å². The van der Waals surface area contributed by atoms with E-state index in [1.54, 1.807) is 13.1 Å². The number of alkyl halides is 1. The van der Waals surface area contributed by atoms with Gasteiger partial charge in [-0.05, 0) is 13.8 Å². The lowest BCUT2D eigenvalue weighted by Gasteiger charge is -2.23. The summed E-state index contributed by atoms with van der Waals surface area (Å²) < 4.78 is 21.4. The van der Waals surface area contributed by atoms with Gasteiger partial charge >= 0.3 is 0 Å². The summed E-state index contributed by atoms with van der Waals surface area (Å²) in [5.41, 5.74) is -1.52. The van der Waals surface area contributed by atoms with Gasteiger partial charge in [-0.15, -0.1) is 0 Å². The van der Waals surface area contributed by atoms with Crippen molar-refractivity contribution in [3.63, 3.8) is 0 Å². The predicted molar refractivity (Wildman–Crippen MR) is 75.5 cm³/mol. The Balaban J connectivity index is 2.11. The average molecular weight is 307 g/mol. The molecule has 3 heterocycles.